The van der Waals surface area contributed by atoms with Crippen LogP contribution >= 0.6 is 0 Å². The van der Waals surface area contributed by atoms with Gasteiger partial charge in [0.2, 0.25) is 5.91 Å². The molecule has 1 rings (SSSR count). The van der Waals surface area contributed by atoms with Crippen molar-refractivity contribution in [3.8, 4) is 6.07 Å². The molecule has 0 aliphatic heterocycles. The number of benzene rings is 1. The molecule has 2 unspecified atom stereocenters. The Hall–Kier alpha value is -3.13. The Morgan fingerprint density at radius 3 is 2.27 bits per heavy atom. The molecule has 0 fully saturated rings. The lowest BCUT2D eigenvalue weighted by atomic mass is 10.0. The zero-order valence-electron chi connectivity index (χ0n) is 18.9. The molecule has 0 spiro atoms. The molecule has 164 valence electrons. The maximum absolute atomic E-state index is 11.6. The summed E-state index contributed by atoms with van der Waals surface area (Å²) in [5, 5.41) is 20.2. The monoisotopic (exact) mass is 412 g/mol. The minimum Gasteiger partial charge on any atom is -0.478 e. The topological polar surface area (TPSA) is 90.2 Å². The lowest BCUT2D eigenvalue weighted by Crippen LogP contribution is -2.20. The third-order valence-electron chi connectivity index (χ3n) is 4.10. The molecule has 2 atom stereocenters. The first-order valence-electron chi connectivity index (χ1n) is 10.3. The van der Waals surface area contributed by atoms with E-state index in [1.165, 1.54) is 30.7 Å². The molecule has 5 nitrogen and oxygen atoms in total. The summed E-state index contributed by atoms with van der Waals surface area (Å²) < 4.78 is 0. The number of hydrogen-bond acceptors (Lipinski definition) is 3. The van der Waals surface area contributed by atoms with Crippen LogP contribution in [0.2, 0.25) is 0 Å². The van der Waals surface area contributed by atoms with E-state index < -0.39 is 11.9 Å². The Kier molecular flexibility index (Phi) is 17.4. The number of aromatic carboxylic acids is 1. The van der Waals surface area contributed by atoms with Crippen LogP contribution in [0.4, 0.5) is 5.69 Å². The van der Waals surface area contributed by atoms with Crippen molar-refractivity contribution in [2.75, 3.05) is 5.32 Å². The maximum Gasteiger partial charge on any atom is 0.337 e. The predicted octanol–water partition coefficient (Wildman–Crippen LogP) is 6.60. The van der Waals surface area contributed by atoms with Gasteiger partial charge in [-0.15, -0.1) is 13.2 Å². The summed E-state index contributed by atoms with van der Waals surface area (Å²) in [5.74, 6) is -1.30. The third kappa shape index (κ3) is 11.7. The second-order valence-corrected chi connectivity index (χ2v) is 6.21. The van der Waals surface area contributed by atoms with Crippen molar-refractivity contribution in [3.63, 3.8) is 0 Å². The van der Waals surface area contributed by atoms with Crippen molar-refractivity contribution in [3.05, 3.63) is 66.8 Å². The number of carboxylic acids is 1. The number of anilines is 1. The second kappa shape index (κ2) is 17.9. The van der Waals surface area contributed by atoms with Crippen LogP contribution in [0, 0.1) is 23.2 Å². The predicted molar refractivity (Wildman–Crippen MR) is 125 cm³/mol. The average molecular weight is 413 g/mol. The van der Waals surface area contributed by atoms with Crippen molar-refractivity contribution in [2.24, 2.45) is 11.8 Å². The second-order valence-electron chi connectivity index (χ2n) is 6.21. The van der Waals surface area contributed by atoms with Crippen LogP contribution in [0.1, 0.15) is 69.8 Å². The zero-order valence-corrected chi connectivity index (χ0v) is 18.9. The van der Waals surface area contributed by atoms with Gasteiger partial charge in [-0.2, -0.15) is 5.26 Å². The smallest absolute Gasteiger partial charge is 0.337 e. The number of carboxylic acid groups (broad SMARTS) is 1. The summed E-state index contributed by atoms with van der Waals surface area (Å²) in [6.45, 7) is 17.3. The van der Waals surface area contributed by atoms with Gasteiger partial charge >= 0.3 is 5.97 Å². The van der Waals surface area contributed by atoms with Gasteiger partial charge in [-0.1, -0.05) is 58.9 Å². The van der Waals surface area contributed by atoms with Gasteiger partial charge in [-0.25, -0.2) is 4.79 Å². The van der Waals surface area contributed by atoms with Crippen LogP contribution in [-0.4, -0.2) is 17.0 Å². The molecule has 0 saturated carbocycles. The molecule has 1 aromatic carbocycles. The van der Waals surface area contributed by atoms with E-state index in [0.717, 1.165) is 12.8 Å². The molecule has 0 aliphatic carbocycles. The van der Waals surface area contributed by atoms with Crippen molar-refractivity contribution in [1.82, 2.24) is 0 Å². The summed E-state index contributed by atoms with van der Waals surface area (Å²) in [4.78, 5) is 22.7. The number of rotatable bonds is 9. The summed E-state index contributed by atoms with van der Waals surface area (Å²) in [6.07, 6.45) is 11.5. The largest absolute Gasteiger partial charge is 0.478 e. The van der Waals surface area contributed by atoms with Crippen LogP contribution in [0.3, 0.4) is 0 Å². The molecule has 30 heavy (non-hydrogen) atoms. The Morgan fingerprint density at radius 2 is 1.83 bits per heavy atom. The first kappa shape index (κ1) is 29.1. The summed E-state index contributed by atoms with van der Waals surface area (Å²) in [7, 11) is 0. The first-order valence-corrected chi connectivity index (χ1v) is 10.3. The normalized spacial score (nSPS) is 11.5. The van der Waals surface area contributed by atoms with Gasteiger partial charge in [0, 0.05) is 0 Å². The Morgan fingerprint density at radius 1 is 1.20 bits per heavy atom. The van der Waals surface area contributed by atoms with Crippen LogP contribution < -0.4 is 5.32 Å². The Labute approximate surface area is 181 Å². The van der Waals surface area contributed by atoms with E-state index in [4.69, 9.17) is 10.4 Å². The first-order chi connectivity index (χ1) is 14.3. The molecule has 1 aromatic rings. The summed E-state index contributed by atoms with van der Waals surface area (Å²) in [5.41, 5.74) is 0.279. The van der Waals surface area contributed by atoms with Gasteiger partial charge in [-0.05, 0) is 43.4 Å². The van der Waals surface area contributed by atoms with Crippen LogP contribution in [0.15, 0.2) is 55.7 Å². The summed E-state index contributed by atoms with van der Waals surface area (Å²) >= 11 is 0. The van der Waals surface area contributed by atoms with E-state index >= 15 is 0 Å². The van der Waals surface area contributed by atoms with Gasteiger partial charge in [0.25, 0.3) is 0 Å². The number of amides is 1. The lowest BCUT2D eigenvalue weighted by Gasteiger charge is -2.10. The molecule has 1 amide bonds. The number of nitrogens with zero attached hydrogens (tertiary/aromatic N) is 1. The zero-order chi connectivity index (χ0) is 23.5. The minimum absolute atomic E-state index is 0.112. The van der Waals surface area contributed by atoms with Gasteiger partial charge < -0.3 is 10.4 Å². The van der Waals surface area contributed by atoms with Crippen molar-refractivity contribution in [1.29, 1.82) is 5.26 Å². The highest BCUT2D eigenvalue weighted by Gasteiger charge is 2.15. The van der Waals surface area contributed by atoms with E-state index in [0.29, 0.717) is 5.92 Å². The number of nitrogens with one attached hydrogen (secondary N) is 1. The highest BCUT2D eigenvalue weighted by molar-refractivity contribution is 6.01. The molecule has 0 radical (unpaired) electrons. The van der Waals surface area contributed by atoms with Crippen molar-refractivity contribution in [2.45, 2.75) is 53.9 Å². The highest BCUT2D eigenvalue weighted by atomic mass is 16.4. The number of nitriles is 1. The van der Waals surface area contributed by atoms with Crippen molar-refractivity contribution >= 4 is 17.6 Å². The van der Waals surface area contributed by atoms with E-state index in [1.54, 1.807) is 6.92 Å². The maximum atomic E-state index is 11.6. The molecule has 0 aliphatic rings. The van der Waals surface area contributed by atoms with Crippen LogP contribution in [-0.2, 0) is 4.79 Å². The van der Waals surface area contributed by atoms with E-state index in [1.807, 2.05) is 26.0 Å². The fourth-order valence-corrected chi connectivity index (χ4v) is 2.12. The van der Waals surface area contributed by atoms with Crippen molar-refractivity contribution < 1.29 is 14.7 Å². The average Bonchev–Trinajstić information content (AvgIpc) is 2.78. The van der Waals surface area contributed by atoms with Crippen LogP contribution in [0.25, 0.3) is 0 Å². The fourth-order valence-electron chi connectivity index (χ4n) is 2.12. The number of hydrogen-bond donors (Lipinski definition) is 2. The molecule has 0 saturated heterocycles. The number of carbonyl (C=O) groups is 2. The molecular formula is C25H36N2O3. The van der Waals surface area contributed by atoms with E-state index in [-0.39, 0.29) is 22.7 Å². The van der Waals surface area contributed by atoms with Gasteiger partial charge in [-0.3, -0.25) is 4.79 Å². The quantitative estimate of drug-likeness (QED) is 0.447. The standard InChI is InChI=1S/C13H12N2O3.C10H18.C2H6/c1-3-8(2)12(16)15-11-5-4-9(7-14)6-10(11)13(17)18;1-4-7-8-9-10(5-2)6-3;1-2/h3-6,8H,1H2,2H3,(H,15,16)(H,17,18);5,7-8,10H,2,4,6,9H2,1,3H3;1-2H3/b;8-7-;. The minimum atomic E-state index is -1.20. The Bertz CT molecular complexity index is 745. The fraction of sp³-hybridized carbons (Fsp3) is 0.400. The van der Waals surface area contributed by atoms with Gasteiger partial charge in [0.1, 0.15) is 0 Å². The third-order valence-corrected chi connectivity index (χ3v) is 4.10. The molecule has 0 bridgehead atoms. The SMILES string of the molecule is C=CC(C)C(=O)Nc1ccc(C#N)cc1C(=O)O.C=CC(CC)C/C=C\CC.CC. The molecule has 5 heteroatoms. The lowest BCUT2D eigenvalue weighted by molar-refractivity contribution is -0.118. The molecule has 0 aromatic heterocycles. The number of allylic oxidation sites excluding steroid dienone is 3. The van der Waals surface area contributed by atoms with E-state index in [2.05, 4.69) is 44.5 Å². The molecular weight excluding hydrogens is 376 g/mol. The molecule has 0 heterocycles. The summed E-state index contributed by atoms with van der Waals surface area (Å²) in [6, 6.07) is 5.91. The number of carbonyl (C=O) groups excluding carboxylic acids is 1. The van der Waals surface area contributed by atoms with E-state index in [9.17, 15) is 9.59 Å². The highest BCUT2D eigenvalue weighted by Crippen LogP contribution is 2.18. The van der Waals surface area contributed by atoms with Gasteiger partial charge in [0.15, 0.2) is 0 Å². The van der Waals surface area contributed by atoms with Gasteiger partial charge in [0.05, 0.1) is 28.8 Å². The van der Waals surface area contributed by atoms with Crippen LogP contribution in [0.5, 0.6) is 0 Å². The Balaban J connectivity index is 0. The molecule has 2 N–H and O–H groups in total.